The first kappa shape index (κ1) is 10.1. The van der Waals surface area contributed by atoms with E-state index in [1.165, 1.54) is 0 Å². The largest absolute Gasteiger partial charge is 0.393 e. The number of aliphatic hydroxyl groups is 1. The predicted octanol–water partition coefficient (Wildman–Crippen LogP) is 1.94. The highest BCUT2D eigenvalue weighted by molar-refractivity contribution is 5.83. The van der Waals surface area contributed by atoms with Crippen molar-refractivity contribution in [3.05, 3.63) is 36.2 Å². The Bertz CT molecular complexity index is 451. The summed E-state index contributed by atoms with van der Waals surface area (Å²) in [4.78, 5) is 0. The van der Waals surface area contributed by atoms with Gasteiger partial charge in [-0.1, -0.05) is 31.2 Å². The molecule has 1 heterocycles. The Hall–Kier alpha value is -1.48. The summed E-state index contributed by atoms with van der Waals surface area (Å²) in [5.74, 6) is 0. The van der Waals surface area contributed by atoms with E-state index in [1.807, 2.05) is 31.2 Å². The lowest BCUT2D eigenvalue weighted by atomic mass is 10.1. The molecule has 1 aromatic carbocycles. The van der Waals surface area contributed by atoms with Crippen molar-refractivity contribution in [3.8, 4) is 0 Å². The number of aromatic nitrogens is 2. The zero-order chi connectivity index (χ0) is 10.7. The third-order valence-electron chi connectivity index (χ3n) is 2.55. The van der Waals surface area contributed by atoms with Crippen LogP contribution in [0.15, 0.2) is 30.5 Å². The third kappa shape index (κ3) is 2.13. The smallest absolute Gasteiger partial charge is 0.0735 e. The second-order valence-corrected chi connectivity index (χ2v) is 3.64. The van der Waals surface area contributed by atoms with E-state index in [-0.39, 0.29) is 6.10 Å². The van der Waals surface area contributed by atoms with Crippen molar-refractivity contribution in [2.45, 2.75) is 25.9 Å². The molecule has 0 saturated heterocycles. The molecule has 0 radical (unpaired) electrons. The van der Waals surface area contributed by atoms with Gasteiger partial charge in [0.1, 0.15) is 0 Å². The van der Waals surface area contributed by atoms with Gasteiger partial charge in [-0.15, -0.1) is 0 Å². The average molecular weight is 202 g/mol. The Morgan fingerprint density at radius 2 is 2.13 bits per heavy atom. The van der Waals surface area contributed by atoms with E-state index in [1.54, 1.807) is 6.20 Å². The lowest BCUT2D eigenvalue weighted by molar-refractivity contribution is 0.170. The molecule has 0 aliphatic carbocycles. The fourth-order valence-electron chi connectivity index (χ4n) is 1.61. The number of hydrogen-bond acceptors (Lipinski definition) is 3. The Morgan fingerprint density at radius 1 is 1.33 bits per heavy atom. The van der Waals surface area contributed by atoms with Gasteiger partial charge in [0.25, 0.3) is 0 Å². The van der Waals surface area contributed by atoms with Crippen LogP contribution in [0.4, 0.5) is 0 Å². The van der Waals surface area contributed by atoms with Gasteiger partial charge >= 0.3 is 0 Å². The van der Waals surface area contributed by atoms with Crippen LogP contribution in [0.5, 0.6) is 0 Å². The number of rotatable bonds is 3. The average Bonchev–Trinajstić information content (AvgIpc) is 2.29. The number of benzene rings is 1. The summed E-state index contributed by atoms with van der Waals surface area (Å²) in [5.41, 5.74) is 0.877. The summed E-state index contributed by atoms with van der Waals surface area (Å²) in [6.07, 6.45) is 2.73. The molecule has 0 amide bonds. The molecule has 1 N–H and O–H groups in total. The molecule has 3 nitrogen and oxygen atoms in total. The van der Waals surface area contributed by atoms with E-state index >= 15 is 0 Å². The number of fused-ring (bicyclic) bond motifs is 1. The van der Waals surface area contributed by atoms with Crippen molar-refractivity contribution in [2.24, 2.45) is 0 Å². The Kier molecular flexibility index (Phi) is 2.92. The molecule has 15 heavy (non-hydrogen) atoms. The first-order valence-corrected chi connectivity index (χ1v) is 5.18. The van der Waals surface area contributed by atoms with Crippen LogP contribution < -0.4 is 0 Å². The standard InChI is InChI=1S/C12H14N2O/c1-2-10(15)7-12-11-6-4-3-5-9(11)8-13-14-12/h3-6,8,10,15H,2,7H2,1H3. The molecule has 0 aliphatic heterocycles. The monoisotopic (exact) mass is 202 g/mol. The van der Waals surface area contributed by atoms with Crippen LogP contribution in [-0.2, 0) is 6.42 Å². The molecular formula is C12H14N2O. The van der Waals surface area contributed by atoms with Crippen molar-refractivity contribution in [2.75, 3.05) is 0 Å². The summed E-state index contributed by atoms with van der Waals surface area (Å²) in [7, 11) is 0. The maximum Gasteiger partial charge on any atom is 0.0735 e. The van der Waals surface area contributed by atoms with Crippen LogP contribution in [-0.4, -0.2) is 21.4 Å². The second kappa shape index (κ2) is 4.36. The summed E-state index contributed by atoms with van der Waals surface area (Å²) >= 11 is 0. The quantitative estimate of drug-likeness (QED) is 0.827. The highest BCUT2D eigenvalue weighted by atomic mass is 16.3. The van der Waals surface area contributed by atoms with Gasteiger partial charge in [0, 0.05) is 17.2 Å². The molecule has 2 aromatic rings. The molecule has 1 unspecified atom stereocenters. The molecule has 2 rings (SSSR count). The molecule has 0 aliphatic rings. The van der Waals surface area contributed by atoms with Crippen molar-refractivity contribution in [1.29, 1.82) is 0 Å². The minimum atomic E-state index is -0.329. The van der Waals surface area contributed by atoms with Gasteiger partial charge in [0.15, 0.2) is 0 Å². The molecule has 0 bridgehead atoms. The topological polar surface area (TPSA) is 46.0 Å². The van der Waals surface area contributed by atoms with Crippen LogP contribution in [0.1, 0.15) is 19.0 Å². The lowest BCUT2D eigenvalue weighted by Crippen LogP contribution is -2.10. The Morgan fingerprint density at radius 3 is 2.93 bits per heavy atom. The fraction of sp³-hybridized carbons (Fsp3) is 0.333. The highest BCUT2D eigenvalue weighted by Crippen LogP contribution is 2.16. The van der Waals surface area contributed by atoms with Crippen LogP contribution in [0.3, 0.4) is 0 Å². The molecule has 1 aromatic heterocycles. The summed E-state index contributed by atoms with van der Waals surface area (Å²) in [5, 5.41) is 19.8. The lowest BCUT2D eigenvalue weighted by Gasteiger charge is -2.08. The van der Waals surface area contributed by atoms with Crippen LogP contribution >= 0.6 is 0 Å². The Balaban J connectivity index is 2.42. The van der Waals surface area contributed by atoms with Crippen LogP contribution in [0.2, 0.25) is 0 Å². The highest BCUT2D eigenvalue weighted by Gasteiger charge is 2.07. The van der Waals surface area contributed by atoms with Gasteiger partial charge in [-0.25, -0.2) is 0 Å². The number of nitrogens with zero attached hydrogens (tertiary/aromatic N) is 2. The van der Waals surface area contributed by atoms with Crippen molar-refractivity contribution in [1.82, 2.24) is 10.2 Å². The molecular weight excluding hydrogens is 188 g/mol. The molecule has 1 atom stereocenters. The Labute approximate surface area is 88.8 Å². The maximum absolute atomic E-state index is 9.60. The van der Waals surface area contributed by atoms with Gasteiger partial charge in [-0.2, -0.15) is 10.2 Å². The molecule has 3 heteroatoms. The molecule has 0 fully saturated rings. The first-order valence-electron chi connectivity index (χ1n) is 5.18. The summed E-state index contributed by atoms with van der Waals surface area (Å²) < 4.78 is 0. The number of aliphatic hydroxyl groups excluding tert-OH is 1. The normalized spacial score (nSPS) is 12.9. The van der Waals surface area contributed by atoms with Crippen LogP contribution in [0, 0.1) is 0 Å². The zero-order valence-electron chi connectivity index (χ0n) is 8.72. The number of hydrogen-bond donors (Lipinski definition) is 1. The molecule has 78 valence electrons. The third-order valence-corrected chi connectivity index (χ3v) is 2.55. The van der Waals surface area contributed by atoms with Gasteiger partial charge in [-0.05, 0) is 6.42 Å². The second-order valence-electron chi connectivity index (χ2n) is 3.64. The van der Waals surface area contributed by atoms with E-state index in [2.05, 4.69) is 10.2 Å². The minimum Gasteiger partial charge on any atom is -0.393 e. The van der Waals surface area contributed by atoms with E-state index in [0.29, 0.717) is 6.42 Å². The maximum atomic E-state index is 9.60. The molecule has 0 spiro atoms. The van der Waals surface area contributed by atoms with Crippen molar-refractivity contribution in [3.63, 3.8) is 0 Å². The predicted molar refractivity (Wildman–Crippen MR) is 59.5 cm³/mol. The van der Waals surface area contributed by atoms with Crippen molar-refractivity contribution >= 4 is 10.8 Å². The first-order chi connectivity index (χ1) is 7.31. The molecule has 0 saturated carbocycles. The van der Waals surface area contributed by atoms with Crippen molar-refractivity contribution < 1.29 is 5.11 Å². The van der Waals surface area contributed by atoms with Crippen LogP contribution in [0.25, 0.3) is 10.8 Å². The van der Waals surface area contributed by atoms with Gasteiger partial charge in [-0.3, -0.25) is 0 Å². The van der Waals surface area contributed by atoms with Gasteiger partial charge < -0.3 is 5.11 Å². The fourth-order valence-corrected chi connectivity index (χ4v) is 1.61. The minimum absolute atomic E-state index is 0.329. The zero-order valence-corrected chi connectivity index (χ0v) is 8.72. The SMILES string of the molecule is CCC(O)Cc1nncc2ccccc12. The van der Waals surface area contributed by atoms with Gasteiger partial charge in [0.2, 0.25) is 0 Å². The van der Waals surface area contributed by atoms with E-state index in [4.69, 9.17) is 0 Å². The van der Waals surface area contributed by atoms with E-state index < -0.39 is 0 Å². The van der Waals surface area contributed by atoms with E-state index in [9.17, 15) is 5.11 Å². The van der Waals surface area contributed by atoms with Gasteiger partial charge in [0.05, 0.1) is 18.0 Å². The summed E-state index contributed by atoms with van der Waals surface area (Å²) in [6, 6.07) is 7.98. The van der Waals surface area contributed by atoms with E-state index in [0.717, 1.165) is 22.9 Å². The summed E-state index contributed by atoms with van der Waals surface area (Å²) in [6.45, 7) is 1.96.